The van der Waals surface area contributed by atoms with Crippen LogP contribution in [0, 0.1) is 13.8 Å². The Morgan fingerprint density at radius 2 is 1.65 bits per heavy atom. The number of nitrogens with zero attached hydrogens (tertiary/aromatic N) is 1. The first-order valence-electron chi connectivity index (χ1n) is 6.87. The summed E-state index contributed by atoms with van der Waals surface area (Å²) in [7, 11) is 2.08. The highest BCUT2D eigenvalue weighted by atomic mass is 16.5. The Morgan fingerprint density at radius 3 is 2.40 bits per heavy atom. The molecule has 0 aliphatic carbocycles. The van der Waals surface area contributed by atoms with Crippen molar-refractivity contribution in [1.82, 2.24) is 4.57 Å². The highest BCUT2D eigenvalue weighted by Gasteiger charge is 2.07. The molecule has 0 fully saturated rings. The van der Waals surface area contributed by atoms with Gasteiger partial charge in [-0.1, -0.05) is 29.3 Å². The Morgan fingerprint density at radius 1 is 0.950 bits per heavy atom. The van der Waals surface area contributed by atoms with E-state index in [4.69, 9.17) is 4.74 Å². The number of hydrogen-bond acceptors (Lipinski definition) is 1. The minimum atomic E-state index is 0.601. The summed E-state index contributed by atoms with van der Waals surface area (Å²) in [5.74, 6) is 0.917. The van der Waals surface area contributed by atoms with E-state index in [1.165, 1.54) is 27.6 Å². The highest BCUT2D eigenvalue weighted by Crippen LogP contribution is 2.23. The van der Waals surface area contributed by atoms with Gasteiger partial charge in [0, 0.05) is 29.7 Å². The van der Waals surface area contributed by atoms with E-state index in [0.717, 1.165) is 5.75 Å². The van der Waals surface area contributed by atoms with Crippen molar-refractivity contribution in [2.45, 2.75) is 20.5 Å². The maximum Gasteiger partial charge on any atom is 0.119 e. The average molecular weight is 265 g/mol. The molecule has 102 valence electrons. The normalized spacial score (nSPS) is 10.9. The molecule has 1 aromatic heterocycles. The van der Waals surface area contributed by atoms with Crippen LogP contribution in [0.3, 0.4) is 0 Å². The van der Waals surface area contributed by atoms with E-state index in [9.17, 15) is 0 Å². The number of hydrogen-bond donors (Lipinski definition) is 0. The van der Waals surface area contributed by atoms with E-state index >= 15 is 0 Å². The van der Waals surface area contributed by atoms with E-state index in [2.05, 4.69) is 62.0 Å². The van der Waals surface area contributed by atoms with Crippen molar-refractivity contribution in [2.75, 3.05) is 0 Å². The highest BCUT2D eigenvalue weighted by molar-refractivity contribution is 5.84. The Labute approximate surface area is 119 Å². The molecule has 1 heterocycles. The van der Waals surface area contributed by atoms with E-state index in [-0.39, 0.29) is 0 Å². The Balaban J connectivity index is 1.87. The van der Waals surface area contributed by atoms with Crippen molar-refractivity contribution in [1.29, 1.82) is 0 Å². The lowest BCUT2D eigenvalue weighted by Crippen LogP contribution is -1.94. The number of ether oxygens (including phenoxy) is 1. The molecule has 0 radical (unpaired) electrons. The van der Waals surface area contributed by atoms with Crippen LogP contribution in [0.1, 0.15) is 16.7 Å². The SMILES string of the molecule is Cc1ccc(OCc2cn(C)c3ccc(C)cc23)cc1. The lowest BCUT2D eigenvalue weighted by Gasteiger charge is -2.05. The second kappa shape index (κ2) is 5.04. The van der Waals surface area contributed by atoms with Crippen LogP contribution < -0.4 is 4.74 Å². The minimum Gasteiger partial charge on any atom is -0.489 e. The summed E-state index contributed by atoms with van der Waals surface area (Å²) < 4.78 is 8.05. The molecule has 0 N–H and O–H groups in total. The number of aromatic nitrogens is 1. The number of benzene rings is 2. The van der Waals surface area contributed by atoms with Gasteiger partial charge < -0.3 is 9.30 Å². The lowest BCUT2D eigenvalue weighted by molar-refractivity contribution is 0.307. The second-order valence-corrected chi connectivity index (χ2v) is 5.39. The Bertz CT molecular complexity index is 738. The zero-order chi connectivity index (χ0) is 14.1. The van der Waals surface area contributed by atoms with Crippen LogP contribution >= 0.6 is 0 Å². The van der Waals surface area contributed by atoms with Crippen LogP contribution in [-0.4, -0.2) is 4.57 Å². The monoisotopic (exact) mass is 265 g/mol. The van der Waals surface area contributed by atoms with Gasteiger partial charge in [0.2, 0.25) is 0 Å². The maximum absolute atomic E-state index is 5.90. The summed E-state index contributed by atoms with van der Waals surface area (Å²) in [6, 6.07) is 14.7. The third kappa shape index (κ3) is 2.42. The molecule has 0 amide bonds. The summed E-state index contributed by atoms with van der Waals surface area (Å²) in [6.45, 7) is 4.80. The van der Waals surface area contributed by atoms with Crippen molar-refractivity contribution in [3.63, 3.8) is 0 Å². The number of fused-ring (bicyclic) bond motifs is 1. The van der Waals surface area contributed by atoms with Gasteiger partial charge in [-0.25, -0.2) is 0 Å². The molecular formula is C18H19NO. The Hall–Kier alpha value is -2.22. The van der Waals surface area contributed by atoms with Crippen LogP contribution in [0.2, 0.25) is 0 Å². The molecule has 0 atom stereocenters. The predicted molar refractivity (Wildman–Crippen MR) is 83.2 cm³/mol. The molecule has 2 nitrogen and oxygen atoms in total. The summed E-state index contributed by atoms with van der Waals surface area (Å²) in [5, 5.41) is 1.28. The van der Waals surface area contributed by atoms with Gasteiger partial charge in [0.05, 0.1) is 0 Å². The fraction of sp³-hybridized carbons (Fsp3) is 0.222. The molecule has 0 spiro atoms. The second-order valence-electron chi connectivity index (χ2n) is 5.39. The zero-order valence-electron chi connectivity index (χ0n) is 12.2. The third-order valence-electron chi connectivity index (χ3n) is 3.64. The molecule has 3 aromatic rings. The first-order chi connectivity index (χ1) is 9.63. The smallest absolute Gasteiger partial charge is 0.119 e. The molecular weight excluding hydrogens is 246 g/mol. The van der Waals surface area contributed by atoms with E-state index in [1.54, 1.807) is 0 Å². The predicted octanol–water partition coefficient (Wildman–Crippen LogP) is 4.37. The molecule has 20 heavy (non-hydrogen) atoms. The first-order valence-corrected chi connectivity index (χ1v) is 6.87. The molecule has 0 bridgehead atoms. The van der Waals surface area contributed by atoms with Gasteiger partial charge in [-0.15, -0.1) is 0 Å². The topological polar surface area (TPSA) is 14.2 Å². The zero-order valence-corrected chi connectivity index (χ0v) is 12.2. The minimum absolute atomic E-state index is 0.601. The van der Waals surface area contributed by atoms with Crippen LogP contribution in [0.4, 0.5) is 0 Å². The van der Waals surface area contributed by atoms with Crippen LogP contribution in [0.15, 0.2) is 48.7 Å². The van der Waals surface area contributed by atoms with Gasteiger partial charge in [0.25, 0.3) is 0 Å². The molecule has 0 unspecified atom stereocenters. The van der Waals surface area contributed by atoms with Gasteiger partial charge in [-0.2, -0.15) is 0 Å². The van der Waals surface area contributed by atoms with Crippen LogP contribution in [-0.2, 0) is 13.7 Å². The molecule has 3 rings (SSSR count). The standard InChI is InChI=1S/C18H19NO/c1-13-4-7-16(8-5-13)20-12-15-11-19(3)18-9-6-14(2)10-17(15)18/h4-11H,12H2,1-3H3. The first kappa shape index (κ1) is 12.8. The molecule has 2 heteroatoms. The quantitative estimate of drug-likeness (QED) is 0.685. The van der Waals surface area contributed by atoms with E-state index in [0.29, 0.717) is 6.61 Å². The van der Waals surface area contributed by atoms with Crippen molar-refractivity contribution in [3.05, 3.63) is 65.4 Å². The van der Waals surface area contributed by atoms with E-state index in [1.807, 2.05) is 12.1 Å². The van der Waals surface area contributed by atoms with Crippen LogP contribution in [0.5, 0.6) is 5.75 Å². The van der Waals surface area contributed by atoms with E-state index < -0.39 is 0 Å². The van der Waals surface area contributed by atoms with Crippen molar-refractivity contribution >= 4 is 10.9 Å². The summed E-state index contributed by atoms with van der Waals surface area (Å²) in [4.78, 5) is 0. The fourth-order valence-electron chi connectivity index (χ4n) is 2.50. The van der Waals surface area contributed by atoms with Crippen molar-refractivity contribution in [3.8, 4) is 5.75 Å². The summed E-state index contributed by atoms with van der Waals surface area (Å²) in [6.07, 6.45) is 2.15. The lowest BCUT2D eigenvalue weighted by atomic mass is 10.1. The Kier molecular flexibility index (Phi) is 3.23. The largest absolute Gasteiger partial charge is 0.489 e. The van der Waals surface area contributed by atoms with Gasteiger partial charge in [0.1, 0.15) is 12.4 Å². The van der Waals surface area contributed by atoms with Gasteiger partial charge >= 0.3 is 0 Å². The molecule has 0 saturated heterocycles. The molecule has 0 saturated carbocycles. The number of rotatable bonds is 3. The average Bonchev–Trinajstić information content (AvgIpc) is 2.74. The number of aryl methyl sites for hydroxylation is 3. The van der Waals surface area contributed by atoms with Gasteiger partial charge in [0.15, 0.2) is 0 Å². The van der Waals surface area contributed by atoms with Gasteiger partial charge in [-0.05, 0) is 38.1 Å². The van der Waals surface area contributed by atoms with Crippen molar-refractivity contribution in [2.24, 2.45) is 7.05 Å². The van der Waals surface area contributed by atoms with Gasteiger partial charge in [-0.3, -0.25) is 0 Å². The van der Waals surface area contributed by atoms with Crippen molar-refractivity contribution < 1.29 is 4.74 Å². The molecule has 2 aromatic carbocycles. The molecule has 0 aliphatic rings. The fourth-order valence-corrected chi connectivity index (χ4v) is 2.50. The molecule has 0 aliphatic heterocycles. The summed E-state index contributed by atoms with van der Waals surface area (Å²) >= 11 is 0. The maximum atomic E-state index is 5.90. The van der Waals surface area contributed by atoms with Crippen LogP contribution in [0.25, 0.3) is 10.9 Å². The summed E-state index contributed by atoms with van der Waals surface area (Å²) in [5.41, 5.74) is 5.00. The third-order valence-corrected chi connectivity index (χ3v) is 3.64.